The number of carbonyl (C=O) groups excluding carboxylic acids is 1. The normalized spacial score (nSPS) is 13.8. The predicted molar refractivity (Wildman–Crippen MR) is 89.8 cm³/mol. The molecule has 1 aliphatic carbocycles. The molecule has 114 valence electrons. The third-order valence-corrected chi connectivity index (χ3v) is 4.38. The second kappa shape index (κ2) is 7.26. The number of carbonyl (C=O) groups is 1. The molecule has 0 radical (unpaired) electrons. The summed E-state index contributed by atoms with van der Waals surface area (Å²) < 4.78 is 0. The highest BCUT2D eigenvalue weighted by molar-refractivity contribution is 5.76. The van der Waals surface area contributed by atoms with Gasteiger partial charge in [-0.25, -0.2) is 0 Å². The maximum absolute atomic E-state index is 12.1. The van der Waals surface area contributed by atoms with E-state index >= 15 is 0 Å². The molecule has 22 heavy (non-hydrogen) atoms. The summed E-state index contributed by atoms with van der Waals surface area (Å²) >= 11 is 0. The van der Waals surface area contributed by atoms with Crippen molar-refractivity contribution in [3.8, 4) is 0 Å². The van der Waals surface area contributed by atoms with Gasteiger partial charge in [-0.2, -0.15) is 0 Å². The molecule has 1 amide bonds. The van der Waals surface area contributed by atoms with Crippen LogP contribution in [0.1, 0.15) is 36.0 Å². The summed E-state index contributed by atoms with van der Waals surface area (Å²) in [5.74, 6) is 0.200. The molecule has 2 aromatic rings. The maximum atomic E-state index is 12.1. The Hall–Kier alpha value is -2.09. The highest BCUT2D eigenvalue weighted by Crippen LogP contribution is 2.21. The quantitative estimate of drug-likeness (QED) is 0.809. The lowest BCUT2D eigenvalue weighted by molar-refractivity contribution is -0.121. The zero-order valence-electron chi connectivity index (χ0n) is 12.9. The summed E-state index contributed by atoms with van der Waals surface area (Å²) in [7, 11) is 0. The molecule has 0 saturated carbocycles. The molecular formula is C20H23NO. The Bertz CT molecular complexity index is 596. The average Bonchev–Trinajstić information content (AvgIpc) is 2.94. The van der Waals surface area contributed by atoms with E-state index in [1.807, 2.05) is 6.07 Å². The van der Waals surface area contributed by atoms with Crippen molar-refractivity contribution < 1.29 is 4.79 Å². The van der Waals surface area contributed by atoms with E-state index in [0.717, 1.165) is 32.1 Å². The number of benzene rings is 2. The molecule has 2 nitrogen and oxygen atoms in total. The van der Waals surface area contributed by atoms with Crippen LogP contribution in [0.4, 0.5) is 0 Å². The molecule has 0 aliphatic heterocycles. The number of amides is 1. The van der Waals surface area contributed by atoms with Gasteiger partial charge in [-0.3, -0.25) is 4.79 Å². The molecule has 0 aromatic heterocycles. The van der Waals surface area contributed by atoms with Gasteiger partial charge in [-0.1, -0.05) is 54.6 Å². The minimum absolute atomic E-state index is 0.200. The third-order valence-electron chi connectivity index (χ3n) is 4.38. The molecule has 0 atom stereocenters. The lowest BCUT2D eigenvalue weighted by atomic mass is 10.1. The second-order valence-corrected chi connectivity index (χ2v) is 6.13. The number of hydrogen-bond donors (Lipinski definition) is 1. The molecule has 0 saturated heterocycles. The van der Waals surface area contributed by atoms with Crippen molar-refractivity contribution in [3.05, 3.63) is 71.3 Å². The highest BCUT2D eigenvalue weighted by Gasteiger charge is 2.21. The summed E-state index contributed by atoms with van der Waals surface area (Å²) in [4.78, 5) is 12.1. The average molecular weight is 293 g/mol. The monoisotopic (exact) mass is 293 g/mol. The fourth-order valence-corrected chi connectivity index (χ4v) is 3.22. The van der Waals surface area contributed by atoms with E-state index in [2.05, 4.69) is 53.8 Å². The molecular weight excluding hydrogens is 270 g/mol. The number of nitrogens with one attached hydrogen (secondary N) is 1. The van der Waals surface area contributed by atoms with Gasteiger partial charge < -0.3 is 5.32 Å². The number of aryl methyl sites for hydroxylation is 1. The van der Waals surface area contributed by atoms with E-state index in [1.165, 1.54) is 16.7 Å². The smallest absolute Gasteiger partial charge is 0.220 e. The minimum Gasteiger partial charge on any atom is -0.353 e. The van der Waals surface area contributed by atoms with Crippen molar-refractivity contribution in [1.82, 2.24) is 5.32 Å². The van der Waals surface area contributed by atoms with Gasteiger partial charge in [0.25, 0.3) is 0 Å². The molecule has 3 rings (SSSR count). The summed E-state index contributed by atoms with van der Waals surface area (Å²) in [5, 5.41) is 3.19. The second-order valence-electron chi connectivity index (χ2n) is 6.13. The Morgan fingerprint density at radius 3 is 2.23 bits per heavy atom. The van der Waals surface area contributed by atoms with Gasteiger partial charge in [0, 0.05) is 12.5 Å². The Morgan fingerprint density at radius 1 is 0.909 bits per heavy atom. The van der Waals surface area contributed by atoms with Crippen LogP contribution in [0, 0.1) is 0 Å². The van der Waals surface area contributed by atoms with Gasteiger partial charge >= 0.3 is 0 Å². The zero-order valence-corrected chi connectivity index (χ0v) is 12.9. The van der Waals surface area contributed by atoms with Crippen LogP contribution < -0.4 is 5.32 Å². The van der Waals surface area contributed by atoms with Crippen LogP contribution in [0.15, 0.2) is 54.6 Å². The van der Waals surface area contributed by atoms with Crippen molar-refractivity contribution in [2.75, 3.05) is 0 Å². The van der Waals surface area contributed by atoms with Crippen LogP contribution in [-0.4, -0.2) is 11.9 Å². The molecule has 0 unspecified atom stereocenters. The summed E-state index contributed by atoms with van der Waals surface area (Å²) in [6.45, 7) is 0. The van der Waals surface area contributed by atoms with E-state index in [1.54, 1.807) is 0 Å². The van der Waals surface area contributed by atoms with Crippen LogP contribution >= 0.6 is 0 Å². The summed E-state index contributed by atoms with van der Waals surface area (Å²) in [5.41, 5.74) is 4.13. The molecule has 1 N–H and O–H groups in total. The first kappa shape index (κ1) is 14.8. The Labute approximate surface area is 132 Å². The molecule has 2 aromatic carbocycles. The van der Waals surface area contributed by atoms with Gasteiger partial charge in [0.2, 0.25) is 5.91 Å². The van der Waals surface area contributed by atoms with Gasteiger partial charge in [0.15, 0.2) is 0 Å². The SMILES string of the molecule is O=C(CCCCc1ccccc1)NC1Cc2ccccc2C1. The van der Waals surface area contributed by atoms with Gasteiger partial charge in [0.05, 0.1) is 0 Å². The van der Waals surface area contributed by atoms with Crippen LogP contribution in [0.2, 0.25) is 0 Å². The maximum Gasteiger partial charge on any atom is 0.220 e. The molecule has 0 fully saturated rings. The van der Waals surface area contributed by atoms with E-state index in [9.17, 15) is 4.79 Å². The largest absolute Gasteiger partial charge is 0.353 e. The number of unbranched alkanes of at least 4 members (excludes halogenated alkanes) is 1. The first-order chi connectivity index (χ1) is 10.8. The lowest BCUT2D eigenvalue weighted by Gasteiger charge is -2.12. The van der Waals surface area contributed by atoms with Crippen molar-refractivity contribution in [2.45, 2.75) is 44.6 Å². The van der Waals surface area contributed by atoms with Gasteiger partial charge in [0.1, 0.15) is 0 Å². The fourth-order valence-electron chi connectivity index (χ4n) is 3.22. The topological polar surface area (TPSA) is 29.1 Å². The standard InChI is InChI=1S/C20H23NO/c22-20(13-7-4-10-16-8-2-1-3-9-16)21-19-14-17-11-5-6-12-18(17)15-19/h1-3,5-6,8-9,11-12,19H,4,7,10,13-15H2,(H,21,22). The van der Waals surface area contributed by atoms with Crippen molar-refractivity contribution in [1.29, 1.82) is 0 Å². The minimum atomic E-state index is 0.200. The number of fused-ring (bicyclic) bond motifs is 1. The van der Waals surface area contributed by atoms with Crippen LogP contribution in [-0.2, 0) is 24.1 Å². The summed E-state index contributed by atoms with van der Waals surface area (Å²) in [6, 6.07) is 19.3. The van der Waals surface area contributed by atoms with Crippen molar-refractivity contribution >= 4 is 5.91 Å². The van der Waals surface area contributed by atoms with Crippen LogP contribution in [0.3, 0.4) is 0 Å². The Morgan fingerprint density at radius 2 is 1.55 bits per heavy atom. The van der Waals surface area contributed by atoms with Gasteiger partial charge in [-0.15, -0.1) is 0 Å². The van der Waals surface area contributed by atoms with Crippen molar-refractivity contribution in [2.24, 2.45) is 0 Å². The molecule has 0 bridgehead atoms. The van der Waals surface area contributed by atoms with E-state index in [-0.39, 0.29) is 5.91 Å². The Balaban J connectivity index is 1.35. The van der Waals surface area contributed by atoms with E-state index in [4.69, 9.17) is 0 Å². The van der Waals surface area contributed by atoms with Crippen LogP contribution in [0.5, 0.6) is 0 Å². The van der Waals surface area contributed by atoms with Crippen molar-refractivity contribution in [3.63, 3.8) is 0 Å². The van der Waals surface area contributed by atoms with Crippen LogP contribution in [0.25, 0.3) is 0 Å². The predicted octanol–water partition coefficient (Wildman–Crippen LogP) is 3.68. The van der Waals surface area contributed by atoms with E-state index in [0.29, 0.717) is 12.5 Å². The first-order valence-electron chi connectivity index (χ1n) is 8.21. The zero-order chi connectivity index (χ0) is 15.2. The molecule has 0 heterocycles. The fraction of sp³-hybridized carbons (Fsp3) is 0.350. The number of hydrogen-bond acceptors (Lipinski definition) is 1. The molecule has 0 spiro atoms. The Kier molecular flexibility index (Phi) is 4.89. The first-order valence-corrected chi connectivity index (χ1v) is 8.21. The van der Waals surface area contributed by atoms with E-state index < -0.39 is 0 Å². The highest BCUT2D eigenvalue weighted by atomic mass is 16.1. The third kappa shape index (κ3) is 3.97. The number of rotatable bonds is 6. The lowest BCUT2D eigenvalue weighted by Crippen LogP contribution is -2.35. The summed E-state index contributed by atoms with van der Waals surface area (Å²) in [6.07, 6.45) is 5.68. The van der Waals surface area contributed by atoms with Gasteiger partial charge in [-0.05, 0) is 48.8 Å². The molecule has 2 heteroatoms. The molecule has 1 aliphatic rings.